The van der Waals surface area contributed by atoms with E-state index in [9.17, 15) is 0 Å². The molecule has 24 heavy (non-hydrogen) atoms. The molecule has 134 valence electrons. The van der Waals surface area contributed by atoms with Crippen LogP contribution in [0, 0.1) is 5.92 Å². The second kappa shape index (κ2) is 8.86. The summed E-state index contributed by atoms with van der Waals surface area (Å²) in [7, 11) is 2.24. The summed E-state index contributed by atoms with van der Waals surface area (Å²) in [6, 6.07) is 5.44. The molecule has 0 spiro atoms. The van der Waals surface area contributed by atoms with Crippen LogP contribution < -0.4 is 11.1 Å². The number of nitrogens with two attached hydrogens (primary N) is 1. The monoisotopic (exact) mass is 348 g/mol. The maximum atomic E-state index is 6.20. The summed E-state index contributed by atoms with van der Waals surface area (Å²) in [6.45, 7) is 2.01. The Hall–Kier alpha value is -1.07. The van der Waals surface area contributed by atoms with E-state index in [4.69, 9.17) is 10.7 Å². The number of guanidine groups is 1. The number of thiophene rings is 1. The lowest BCUT2D eigenvalue weighted by Crippen LogP contribution is -2.41. The van der Waals surface area contributed by atoms with Crippen LogP contribution in [-0.2, 0) is 0 Å². The van der Waals surface area contributed by atoms with E-state index >= 15 is 0 Å². The molecule has 2 unspecified atom stereocenters. The SMILES string of the molecule is CN1CCCC(CN=C(N)NC2CCCCCC2)C1c1cccs1. The van der Waals surface area contributed by atoms with E-state index < -0.39 is 0 Å². The molecule has 0 bridgehead atoms. The van der Waals surface area contributed by atoms with Crippen molar-refractivity contribution in [3.05, 3.63) is 22.4 Å². The van der Waals surface area contributed by atoms with E-state index in [-0.39, 0.29) is 0 Å². The Morgan fingerprint density at radius 1 is 1.25 bits per heavy atom. The van der Waals surface area contributed by atoms with Gasteiger partial charge in [0.05, 0.1) is 0 Å². The first-order valence-electron chi connectivity index (χ1n) is 9.54. The normalized spacial score (nSPS) is 27.8. The van der Waals surface area contributed by atoms with E-state index in [1.165, 1.54) is 62.8 Å². The number of nitrogens with zero attached hydrogens (tertiary/aromatic N) is 2. The number of nitrogens with one attached hydrogen (secondary N) is 1. The van der Waals surface area contributed by atoms with Gasteiger partial charge < -0.3 is 11.1 Å². The molecule has 1 aliphatic carbocycles. The zero-order valence-corrected chi connectivity index (χ0v) is 15.7. The standard InChI is InChI=1S/C19H32N4S/c1-23-12-6-8-15(18(23)17-11-7-13-24-17)14-21-19(20)22-16-9-4-2-3-5-10-16/h7,11,13,15-16,18H,2-6,8-10,12,14H2,1H3,(H3,20,21,22). The predicted octanol–water partition coefficient (Wildman–Crippen LogP) is 3.76. The second-order valence-corrected chi connectivity index (χ2v) is 8.38. The van der Waals surface area contributed by atoms with Gasteiger partial charge in [-0.15, -0.1) is 11.3 Å². The van der Waals surface area contributed by atoms with Crippen molar-refractivity contribution in [1.82, 2.24) is 10.2 Å². The van der Waals surface area contributed by atoms with Crippen LogP contribution in [0.4, 0.5) is 0 Å². The zero-order chi connectivity index (χ0) is 16.8. The Labute approximate surface area is 150 Å². The Kier molecular flexibility index (Phi) is 6.55. The fourth-order valence-corrected chi connectivity index (χ4v) is 5.24. The average molecular weight is 349 g/mol. The highest BCUT2D eigenvalue weighted by Gasteiger charge is 2.31. The first kappa shape index (κ1) is 17.7. The zero-order valence-electron chi connectivity index (χ0n) is 14.9. The lowest BCUT2D eigenvalue weighted by Gasteiger charge is -2.38. The number of likely N-dealkylation sites (tertiary alicyclic amines) is 1. The number of piperidine rings is 1. The predicted molar refractivity (Wildman–Crippen MR) is 104 cm³/mol. The van der Waals surface area contributed by atoms with Crippen LogP contribution >= 0.6 is 11.3 Å². The van der Waals surface area contributed by atoms with Crippen molar-refractivity contribution in [3.8, 4) is 0 Å². The highest BCUT2D eigenvalue weighted by atomic mass is 32.1. The van der Waals surface area contributed by atoms with Crippen LogP contribution in [0.15, 0.2) is 22.5 Å². The molecule has 3 N–H and O–H groups in total. The van der Waals surface area contributed by atoms with Gasteiger partial charge in [-0.3, -0.25) is 9.89 Å². The number of rotatable bonds is 4. The Morgan fingerprint density at radius 3 is 2.75 bits per heavy atom. The average Bonchev–Trinajstić information content (AvgIpc) is 2.98. The molecule has 4 nitrogen and oxygen atoms in total. The molecule has 1 aromatic rings. The van der Waals surface area contributed by atoms with Gasteiger partial charge in [0.25, 0.3) is 0 Å². The Bertz CT molecular complexity index is 505. The molecule has 1 aliphatic heterocycles. The highest BCUT2D eigenvalue weighted by molar-refractivity contribution is 7.10. The van der Waals surface area contributed by atoms with Crippen molar-refractivity contribution in [3.63, 3.8) is 0 Å². The molecule has 0 aromatic carbocycles. The van der Waals surface area contributed by atoms with Crippen LogP contribution in [0.25, 0.3) is 0 Å². The molecule has 1 aromatic heterocycles. The lowest BCUT2D eigenvalue weighted by molar-refractivity contribution is 0.128. The molecule has 2 atom stereocenters. The van der Waals surface area contributed by atoms with Crippen LogP contribution in [0.3, 0.4) is 0 Å². The summed E-state index contributed by atoms with van der Waals surface area (Å²) in [5.74, 6) is 1.22. The van der Waals surface area contributed by atoms with Crippen molar-refractivity contribution < 1.29 is 0 Å². The molecular weight excluding hydrogens is 316 g/mol. The largest absolute Gasteiger partial charge is 0.370 e. The molecule has 1 saturated heterocycles. The molecule has 0 radical (unpaired) electrons. The third-order valence-electron chi connectivity index (χ3n) is 5.55. The fraction of sp³-hybridized carbons (Fsp3) is 0.737. The van der Waals surface area contributed by atoms with Crippen LogP contribution in [0.2, 0.25) is 0 Å². The van der Waals surface area contributed by atoms with Gasteiger partial charge in [-0.2, -0.15) is 0 Å². The Morgan fingerprint density at radius 2 is 2.04 bits per heavy atom. The molecular formula is C19H32N4S. The van der Waals surface area contributed by atoms with E-state index in [1.54, 1.807) is 0 Å². The summed E-state index contributed by atoms with van der Waals surface area (Å²) >= 11 is 1.86. The van der Waals surface area contributed by atoms with Gasteiger partial charge in [-0.1, -0.05) is 31.7 Å². The van der Waals surface area contributed by atoms with Gasteiger partial charge in [-0.25, -0.2) is 0 Å². The lowest BCUT2D eigenvalue weighted by atomic mass is 9.88. The number of hydrogen-bond acceptors (Lipinski definition) is 3. The molecule has 0 amide bonds. The van der Waals surface area contributed by atoms with Gasteiger partial charge in [0.1, 0.15) is 0 Å². The van der Waals surface area contributed by atoms with Crippen molar-refractivity contribution in [1.29, 1.82) is 0 Å². The van der Waals surface area contributed by atoms with Crippen LogP contribution in [0.1, 0.15) is 62.3 Å². The molecule has 3 rings (SSSR count). The van der Waals surface area contributed by atoms with Gasteiger partial charge in [0.2, 0.25) is 0 Å². The minimum Gasteiger partial charge on any atom is -0.370 e. The summed E-state index contributed by atoms with van der Waals surface area (Å²) in [5, 5.41) is 5.66. The summed E-state index contributed by atoms with van der Waals surface area (Å²) in [6.07, 6.45) is 10.3. The maximum absolute atomic E-state index is 6.20. The highest BCUT2D eigenvalue weighted by Crippen LogP contribution is 2.37. The van der Waals surface area contributed by atoms with Gasteiger partial charge >= 0.3 is 0 Å². The molecule has 2 heterocycles. The summed E-state index contributed by atoms with van der Waals surface area (Å²) in [5.41, 5.74) is 6.20. The van der Waals surface area contributed by atoms with Crippen LogP contribution in [0.5, 0.6) is 0 Å². The third kappa shape index (κ3) is 4.73. The first-order valence-corrected chi connectivity index (χ1v) is 10.4. The molecule has 2 aliphatic rings. The summed E-state index contributed by atoms with van der Waals surface area (Å²) in [4.78, 5) is 8.68. The van der Waals surface area contributed by atoms with Crippen LogP contribution in [-0.4, -0.2) is 37.0 Å². The first-order chi connectivity index (χ1) is 11.7. The molecule has 5 heteroatoms. The van der Waals surface area contributed by atoms with Gasteiger partial charge in [-0.05, 0) is 56.6 Å². The topological polar surface area (TPSA) is 53.6 Å². The van der Waals surface area contributed by atoms with Crippen molar-refractivity contribution in [2.75, 3.05) is 20.1 Å². The van der Waals surface area contributed by atoms with Gasteiger partial charge in [0, 0.05) is 23.5 Å². The Balaban J connectivity index is 1.58. The van der Waals surface area contributed by atoms with Crippen molar-refractivity contribution in [2.45, 2.75) is 63.5 Å². The number of hydrogen-bond donors (Lipinski definition) is 2. The van der Waals surface area contributed by atoms with E-state index in [0.29, 0.717) is 24.0 Å². The van der Waals surface area contributed by atoms with E-state index in [0.717, 1.165) is 6.54 Å². The molecule has 1 saturated carbocycles. The van der Waals surface area contributed by atoms with E-state index in [1.807, 2.05) is 11.3 Å². The number of aliphatic imine (C=N–C) groups is 1. The minimum absolute atomic E-state index is 0.494. The second-order valence-electron chi connectivity index (χ2n) is 7.40. The third-order valence-corrected chi connectivity index (χ3v) is 6.49. The molecule has 2 fully saturated rings. The van der Waals surface area contributed by atoms with Gasteiger partial charge in [0.15, 0.2) is 5.96 Å². The van der Waals surface area contributed by atoms with Crippen molar-refractivity contribution >= 4 is 17.3 Å². The summed E-state index contributed by atoms with van der Waals surface area (Å²) < 4.78 is 0. The van der Waals surface area contributed by atoms with Crippen molar-refractivity contribution in [2.24, 2.45) is 16.6 Å². The minimum atomic E-state index is 0.494. The quantitative estimate of drug-likeness (QED) is 0.495. The smallest absolute Gasteiger partial charge is 0.188 e. The fourth-order valence-electron chi connectivity index (χ4n) is 4.25. The maximum Gasteiger partial charge on any atom is 0.188 e. The van der Waals surface area contributed by atoms with E-state index in [2.05, 4.69) is 34.8 Å².